The molecule has 0 aliphatic rings. The SMILES string of the molecule is O=C(Nc1ccc(F)c(F)c1)NC(CO)c1ccc(Cl)cc1. The summed E-state index contributed by atoms with van der Waals surface area (Å²) in [5.41, 5.74) is 0.761. The molecule has 2 aromatic rings. The summed E-state index contributed by atoms with van der Waals surface area (Å²) in [5.74, 6) is -2.06. The summed E-state index contributed by atoms with van der Waals surface area (Å²) in [6.07, 6.45) is 0. The van der Waals surface area contributed by atoms with E-state index in [1.165, 1.54) is 6.07 Å². The summed E-state index contributed by atoms with van der Waals surface area (Å²) in [4.78, 5) is 11.8. The molecule has 2 amide bonds. The van der Waals surface area contributed by atoms with E-state index >= 15 is 0 Å². The highest BCUT2D eigenvalue weighted by molar-refractivity contribution is 6.30. The van der Waals surface area contributed by atoms with Crippen LogP contribution in [-0.4, -0.2) is 17.7 Å². The number of aliphatic hydroxyl groups is 1. The molecule has 0 radical (unpaired) electrons. The van der Waals surface area contributed by atoms with Crippen molar-refractivity contribution in [2.24, 2.45) is 0 Å². The fourth-order valence-electron chi connectivity index (χ4n) is 1.83. The van der Waals surface area contributed by atoms with Crippen LogP contribution in [0.1, 0.15) is 11.6 Å². The molecule has 1 atom stereocenters. The van der Waals surface area contributed by atoms with E-state index in [1.54, 1.807) is 24.3 Å². The number of hydrogen-bond acceptors (Lipinski definition) is 2. The molecule has 0 aliphatic carbocycles. The molecule has 2 rings (SSSR count). The van der Waals surface area contributed by atoms with Crippen LogP contribution < -0.4 is 10.6 Å². The number of halogens is 3. The second-order valence-electron chi connectivity index (χ2n) is 4.51. The highest BCUT2D eigenvalue weighted by Crippen LogP contribution is 2.17. The second-order valence-corrected chi connectivity index (χ2v) is 4.95. The molecule has 0 fully saturated rings. The van der Waals surface area contributed by atoms with Gasteiger partial charge < -0.3 is 15.7 Å². The van der Waals surface area contributed by atoms with E-state index in [9.17, 15) is 18.7 Å². The normalized spacial score (nSPS) is 11.8. The van der Waals surface area contributed by atoms with Crippen LogP contribution >= 0.6 is 11.6 Å². The Kier molecular flexibility index (Phi) is 5.30. The van der Waals surface area contributed by atoms with Gasteiger partial charge in [-0.2, -0.15) is 0 Å². The number of benzene rings is 2. The lowest BCUT2D eigenvalue weighted by Gasteiger charge is -2.17. The molecule has 0 aliphatic heterocycles. The van der Waals surface area contributed by atoms with Gasteiger partial charge in [-0.1, -0.05) is 23.7 Å². The van der Waals surface area contributed by atoms with Crippen molar-refractivity contribution in [1.29, 1.82) is 0 Å². The quantitative estimate of drug-likeness (QED) is 0.805. The lowest BCUT2D eigenvalue weighted by atomic mass is 10.1. The van der Waals surface area contributed by atoms with Crippen LogP contribution in [-0.2, 0) is 0 Å². The molecule has 0 saturated heterocycles. The Balaban J connectivity index is 2.02. The third-order valence-electron chi connectivity index (χ3n) is 2.94. The first-order valence-electron chi connectivity index (χ1n) is 6.38. The predicted octanol–water partition coefficient (Wildman–Crippen LogP) is 3.47. The van der Waals surface area contributed by atoms with Crippen LogP contribution in [0.4, 0.5) is 19.3 Å². The zero-order chi connectivity index (χ0) is 16.1. The summed E-state index contributed by atoms with van der Waals surface area (Å²) < 4.78 is 25.9. The van der Waals surface area contributed by atoms with Crippen molar-refractivity contribution < 1.29 is 18.7 Å². The molecule has 7 heteroatoms. The number of aliphatic hydroxyl groups excluding tert-OH is 1. The van der Waals surface area contributed by atoms with Gasteiger partial charge in [-0.05, 0) is 29.8 Å². The molecule has 2 aromatic carbocycles. The lowest BCUT2D eigenvalue weighted by molar-refractivity contribution is 0.225. The van der Waals surface area contributed by atoms with Gasteiger partial charge in [-0.15, -0.1) is 0 Å². The number of hydrogen-bond donors (Lipinski definition) is 3. The molecular formula is C15H13ClF2N2O2. The molecule has 4 nitrogen and oxygen atoms in total. The largest absolute Gasteiger partial charge is 0.394 e. The van der Waals surface area contributed by atoms with E-state index in [1.807, 2.05) is 0 Å². The fraction of sp³-hybridized carbons (Fsp3) is 0.133. The molecule has 116 valence electrons. The van der Waals surface area contributed by atoms with Gasteiger partial charge in [0.25, 0.3) is 0 Å². The number of carbonyl (C=O) groups is 1. The van der Waals surface area contributed by atoms with Gasteiger partial charge in [0, 0.05) is 16.8 Å². The van der Waals surface area contributed by atoms with Gasteiger partial charge in [0.2, 0.25) is 0 Å². The molecular weight excluding hydrogens is 314 g/mol. The lowest BCUT2D eigenvalue weighted by Crippen LogP contribution is -2.34. The van der Waals surface area contributed by atoms with Crippen LogP contribution in [0.15, 0.2) is 42.5 Å². The molecule has 0 heterocycles. The second kappa shape index (κ2) is 7.20. The van der Waals surface area contributed by atoms with E-state index in [0.29, 0.717) is 10.6 Å². The smallest absolute Gasteiger partial charge is 0.319 e. The van der Waals surface area contributed by atoms with Gasteiger partial charge in [0.15, 0.2) is 11.6 Å². The zero-order valence-corrected chi connectivity index (χ0v) is 12.1. The minimum atomic E-state index is -1.06. The molecule has 22 heavy (non-hydrogen) atoms. The summed E-state index contributed by atoms with van der Waals surface area (Å²) in [6, 6.07) is 8.31. The van der Waals surface area contributed by atoms with Crippen molar-refractivity contribution in [3.05, 3.63) is 64.7 Å². The topological polar surface area (TPSA) is 61.4 Å². The monoisotopic (exact) mass is 326 g/mol. The zero-order valence-electron chi connectivity index (χ0n) is 11.3. The Bertz CT molecular complexity index is 665. The van der Waals surface area contributed by atoms with E-state index in [4.69, 9.17) is 11.6 Å². The minimum Gasteiger partial charge on any atom is -0.394 e. The molecule has 1 unspecified atom stereocenters. The van der Waals surface area contributed by atoms with Crippen molar-refractivity contribution in [3.63, 3.8) is 0 Å². The number of urea groups is 1. The molecule has 3 N–H and O–H groups in total. The number of carbonyl (C=O) groups excluding carboxylic acids is 1. The average molecular weight is 327 g/mol. The highest BCUT2D eigenvalue weighted by atomic mass is 35.5. The van der Waals surface area contributed by atoms with Crippen LogP contribution in [0.2, 0.25) is 5.02 Å². The summed E-state index contributed by atoms with van der Waals surface area (Å²) in [6.45, 7) is -0.327. The van der Waals surface area contributed by atoms with Gasteiger partial charge in [-0.25, -0.2) is 13.6 Å². The van der Waals surface area contributed by atoms with E-state index < -0.39 is 23.7 Å². The van der Waals surface area contributed by atoms with Crippen molar-refractivity contribution in [2.75, 3.05) is 11.9 Å². The molecule has 0 aromatic heterocycles. The standard InChI is InChI=1S/C15H13ClF2N2O2/c16-10-3-1-9(2-4-10)14(8-21)20-15(22)19-11-5-6-12(17)13(18)7-11/h1-7,14,21H,8H2,(H2,19,20,22). The molecule has 0 bridgehead atoms. The first-order chi connectivity index (χ1) is 10.5. The molecule has 0 spiro atoms. The minimum absolute atomic E-state index is 0.101. The highest BCUT2D eigenvalue weighted by Gasteiger charge is 2.14. The van der Waals surface area contributed by atoms with Crippen LogP contribution in [0.5, 0.6) is 0 Å². The summed E-state index contributed by atoms with van der Waals surface area (Å²) >= 11 is 5.77. The van der Waals surface area contributed by atoms with Gasteiger partial charge in [0.05, 0.1) is 12.6 Å². The summed E-state index contributed by atoms with van der Waals surface area (Å²) in [5, 5.41) is 14.8. The number of nitrogens with one attached hydrogen (secondary N) is 2. The predicted molar refractivity (Wildman–Crippen MR) is 79.8 cm³/mol. The average Bonchev–Trinajstić information content (AvgIpc) is 2.49. The Morgan fingerprint density at radius 1 is 1.14 bits per heavy atom. The van der Waals surface area contributed by atoms with Gasteiger partial charge >= 0.3 is 6.03 Å². The fourth-order valence-corrected chi connectivity index (χ4v) is 1.95. The summed E-state index contributed by atoms with van der Waals surface area (Å²) in [7, 11) is 0. The van der Waals surface area contributed by atoms with Crippen molar-refractivity contribution >= 4 is 23.3 Å². The van der Waals surface area contributed by atoms with Gasteiger partial charge in [-0.3, -0.25) is 0 Å². The Labute approximate surface area is 130 Å². The third-order valence-corrected chi connectivity index (χ3v) is 3.19. The molecule has 0 saturated carbocycles. The van der Waals surface area contributed by atoms with E-state index in [0.717, 1.165) is 12.1 Å². The maximum Gasteiger partial charge on any atom is 0.319 e. The van der Waals surface area contributed by atoms with E-state index in [2.05, 4.69) is 10.6 Å². The van der Waals surface area contributed by atoms with Crippen LogP contribution in [0, 0.1) is 11.6 Å². The first kappa shape index (κ1) is 16.2. The maximum absolute atomic E-state index is 13.1. The maximum atomic E-state index is 13.1. The Morgan fingerprint density at radius 3 is 2.41 bits per heavy atom. The Morgan fingerprint density at radius 2 is 1.82 bits per heavy atom. The van der Waals surface area contributed by atoms with Crippen molar-refractivity contribution in [2.45, 2.75) is 6.04 Å². The Hall–Kier alpha value is -2.18. The van der Waals surface area contributed by atoms with Crippen molar-refractivity contribution in [3.8, 4) is 0 Å². The van der Waals surface area contributed by atoms with Crippen LogP contribution in [0.25, 0.3) is 0 Å². The van der Waals surface area contributed by atoms with Crippen LogP contribution in [0.3, 0.4) is 0 Å². The van der Waals surface area contributed by atoms with Crippen molar-refractivity contribution in [1.82, 2.24) is 5.32 Å². The number of amides is 2. The van der Waals surface area contributed by atoms with Gasteiger partial charge in [0.1, 0.15) is 0 Å². The number of anilines is 1. The first-order valence-corrected chi connectivity index (χ1v) is 6.76. The van der Waals surface area contributed by atoms with E-state index in [-0.39, 0.29) is 12.3 Å². The third kappa shape index (κ3) is 4.16. The number of rotatable bonds is 4.